The van der Waals surface area contributed by atoms with Gasteiger partial charge in [-0.15, -0.1) is 5.10 Å². The number of benzene rings is 1. The van der Waals surface area contributed by atoms with Gasteiger partial charge in [-0.1, -0.05) is 34.3 Å². The lowest BCUT2D eigenvalue weighted by Crippen LogP contribution is -1.95. The van der Waals surface area contributed by atoms with Gasteiger partial charge < -0.3 is 4.74 Å². The second-order valence-electron chi connectivity index (χ2n) is 3.61. The van der Waals surface area contributed by atoms with Crippen LogP contribution in [-0.2, 0) is 6.61 Å². The zero-order valence-corrected chi connectivity index (χ0v) is 10.8. The van der Waals surface area contributed by atoms with Gasteiger partial charge in [0.2, 0.25) is 0 Å². The van der Waals surface area contributed by atoms with Crippen molar-refractivity contribution in [3.05, 3.63) is 46.6 Å². The Morgan fingerprint density at radius 3 is 2.94 bits per heavy atom. The molecule has 2 aromatic heterocycles. The van der Waals surface area contributed by atoms with Crippen LogP contribution in [0.5, 0.6) is 5.75 Å². The van der Waals surface area contributed by atoms with Crippen molar-refractivity contribution in [1.29, 1.82) is 0 Å². The van der Waals surface area contributed by atoms with E-state index in [9.17, 15) is 0 Å². The van der Waals surface area contributed by atoms with Crippen molar-refractivity contribution in [1.82, 2.24) is 14.6 Å². The smallest absolute Gasteiger partial charge is 0.170 e. The Morgan fingerprint density at radius 1 is 1.22 bits per heavy atom. The van der Waals surface area contributed by atoms with E-state index in [1.807, 2.05) is 30.3 Å². The van der Waals surface area contributed by atoms with Gasteiger partial charge in [0.05, 0.1) is 0 Å². The predicted octanol–water partition coefficient (Wildman–Crippen LogP) is 3.32. The van der Waals surface area contributed by atoms with Gasteiger partial charge >= 0.3 is 0 Å². The molecular weight excluding hydrogens is 270 g/mol. The minimum atomic E-state index is 0.353. The molecule has 3 aromatic rings. The van der Waals surface area contributed by atoms with E-state index in [0.29, 0.717) is 11.8 Å². The van der Waals surface area contributed by atoms with Gasteiger partial charge in [0.15, 0.2) is 5.15 Å². The fourth-order valence-electron chi connectivity index (χ4n) is 1.62. The van der Waals surface area contributed by atoms with E-state index in [1.165, 1.54) is 11.5 Å². The highest BCUT2D eigenvalue weighted by Crippen LogP contribution is 2.25. The maximum Gasteiger partial charge on any atom is 0.170 e. The summed E-state index contributed by atoms with van der Waals surface area (Å²) >= 11 is 7.10. The lowest BCUT2D eigenvalue weighted by molar-refractivity contribution is 0.313. The molecule has 0 bridgehead atoms. The predicted molar refractivity (Wildman–Crippen MR) is 71.0 cm³/mol. The van der Waals surface area contributed by atoms with E-state index in [4.69, 9.17) is 16.3 Å². The molecule has 0 saturated heterocycles. The molecule has 90 valence electrons. The molecule has 4 nitrogen and oxygen atoms in total. The first-order valence-corrected chi connectivity index (χ1v) is 6.43. The van der Waals surface area contributed by atoms with Crippen LogP contribution in [0, 0.1) is 0 Å². The zero-order chi connectivity index (χ0) is 12.4. The minimum Gasteiger partial charge on any atom is -0.486 e. The fraction of sp³-hybridized carbons (Fsp3) is 0.0833. The third-order valence-electron chi connectivity index (χ3n) is 2.46. The second kappa shape index (κ2) is 4.88. The largest absolute Gasteiger partial charge is 0.486 e. The van der Waals surface area contributed by atoms with Gasteiger partial charge in [-0.25, -0.2) is 0 Å². The summed E-state index contributed by atoms with van der Waals surface area (Å²) in [6.45, 7) is 0.353. The molecule has 0 amide bonds. The summed E-state index contributed by atoms with van der Waals surface area (Å²) in [6.07, 6.45) is 1.75. The van der Waals surface area contributed by atoms with Gasteiger partial charge in [0, 0.05) is 11.6 Å². The zero-order valence-electron chi connectivity index (χ0n) is 9.21. The van der Waals surface area contributed by atoms with Crippen molar-refractivity contribution in [2.24, 2.45) is 0 Å². The molecule has 2 heterocycles. The van der Waals surface area contributed by atoms with Crippen molar-refractivity contribution in [3.8, 4) is 5.75 Å². The Hall–Kier alpha value is -1.72. The van der Waals surface area contributed by atoms with Crippen LogP contribution >= 0.6 is 23.1 Å². The lowest BCUT2D eigenvalue weighted by atomic mass is 10.2. The summed E-state index contributed by atoms with van der Waals surface area (Å²) in [6, 6.07) is 9.71. The van der Waals surface area contributed by atoms with Gasteiger partial charge in [-0.05, 0) is 23.7 Å². The van der Waals surface area contributed by atoms with Gasteiger partial charge in [-0.3, -0.25) is 4.98 Å². The van der Waals surface area contributed by atoms with Crippen LogP contribution in [-0.4, -0.2) is 14.6 Å². The first-order chi connectivity index (χ1) is 8.84. The second-order valence-corrected chi connectivity index (χ2v) is 4.80. The molecule has 0 radical (unpaired) electrons. The quantitative estimate of drug-likeness (QED) is 0.737. The molecule has 0 atom stereocenters. The molecule has 0 N–H and O–H groups in total. The molecule has 0 unspecified atom stereocenters. The Bertz CT molecular complexity index is 680. The third kappa shape index (κ3) is 2.14. The number of nitrogens with zero attached hydrogens (tertiary/aromatic N) is 3. The van der Waals surface area contributed by atoms with Crippen LogP contribution in [0.25, 0.3) is 10.9 Å². The summed E-state index contributed by atoms with van der Waals surface area (Å²) < 4.78 is 9.49. The van der Waals surface area contributed by atoms with Crippen LogP contribution < -0.4 is 4.74 Å². The van der Waals surface area contributed by atoms with E-state index in [1.54, 1.807) is 6.20 Å². The first kappa shape index (κ1) is 11.4. The maximum atomic E-state index is 5.87. The number of ether oxygens (including phenoxy) is 1. The third-order valence-corrected chi connectivity index (χ3v) is 3.57. The highest BCUT2D eigenvalue weighted by molar-refractivity contribution is 7.06. The number of rotatable bonds is 3. The van der Waals surface area contributed by atoms with E-state index in [0.717, 1.165) is 21.5 Å². The molecule has 0 aliphatic rings. The summed E-state index contributed by atoms with van der Waals surface area (Å²) in [7, 11) is 0. The SMILES string of the molecule is Clc1nnsc1COc1cccc2cccnc12. The molecule has 1 aromatic carbocycles. The van der Waals surface area contributed by atoms with E-state index in [2.05, 4.69) is 14.6 Å². The van der Waals surface area contributed by atoms with Crippen LogP contribution in [0.3, 0.4) is 0 Å². The van der Waals surface area contributed by atoms with E-state index in [-0.39, 0.29) is 0 Å². The molecule has 0 saturated carbocycles. The summed E-state index contributed by atoms with van der Waals surface area (Å²) in [5.74, 6) is 0.734. The Morgan fingerprint density at radius 2 is 2.11 bits per heavy atom. The molecule has 0 fully saturated rings. The molecule has 6 heteroatoms. The number of fused-ring (bicyclic) bond motifs is 1. The average molecular weight is 278 g/mol. The normalized spacial score (nSPS) is 10.7. The molecule has 3 rings (SSSR count). The summed E-state index contributed by atoms with van der Waals surface area (Å²) in [4.78, 5) is 5.13. The van der Waals surface area contributed by atoms with Crippen molar-refractivity contribution in [3.63, 3.8) is 0 Å². The number of aromatic nitrogens is 3. The fourth-order valence-corrected chi connectivity index (χ4v) is 2.31. The number of hydrogen-bond acceptors (Lipinski definition) is 5. The highest BCUT2D eigenvalue weighted by Gasteiger charge is 2.08. The van der Waals surface area contributed by atoms with Gasteiger partial charge in [-0.2, -0.15) is 0 Å². The summed E-state index contributed by atoms with van der Waals surface area (Å²) in [5.41, 5.74) is 0.841. The first-order valence-electron chi connectivity index (χ1n) is 5.28. The molecule has 0 spiro atoms. The summed E-state index contributed by atoms with van der Waals surface area (Å²) in [5, 5.41) is 5.17. The number of pyridine rings is 1. The molecule has 18 heavy (non-hydrogen) atoms. The Kier molecular flexibility index (Phi) is 3.08. The van der Waals surface area contributed by atoms with Crippen LogP contribution in [0.1, 0.15) is 4.88 Å². The van der Waals surface area contributed by atoms with Crippen LogP contribution in [0.15, 0.2) is 36.5 Å². The lowest BCUT2D eigenvalue weighted by Gasteiger charge is -2.06. The number of para-hydroxylation sites is 1. The van der Waals surface area contributed by atoms with Crippen molar-refractivity contribution < 1.29 is 4.74 Å². The van der Waals surface area contributed by atoms with Crippen molar-refractivity contribution >= 4 is 34.0 Å². The average Bonchev–Trinajstić information content (AvgIpc) is 2.82. The van der Waals surface area contributed by atoms with Crippen molar-refractivity contribution in [2.75, 3.05) is 0 Å². The van der Waals surface area contributed by atoms with E-state index < -0.39 is 0 Å². The minimum absolute atomic E-state index is 0.353. The van der Waals surface area contributed by atoms with Crippen LogP contribution in [0.4, 0.5) is 0 Å². The topological polar surface area (TPSA) is 47.9 Å². The van der Waals surface area contributed by atoms with Gasteiger partial charge in [0.1, 0.15) is 22.8 Å². The van der Waals surface area contributed by atoms with E-state index >= 15 is 0 Å². The van der Waals surface area contributed by atoms with Crippen LogP contribution in [0.2, 0.25) is 5.15 Å². The highest BCUT2D eigenvalue weighted by atomic mass is 35.5. The molecule has 0 aliphatic carbocycles. The molecule has 0 aliphatic heterocycles. The monoisotopic (exact) mass is 277 g/mol. The molecular formula is C12H8ClN3OS. The number of hydrogen-bond donors (Lipinski definition) is 0. The van der Waals surface area contributed by atoms with Crippen molar-refractivity contribution in [2.45, 2.75) is 6.61 Å². The Labute approximate surface area is 112 Å². The Balaban J connectivity index is 1.89. The number of halogens is 1. The maximum absolute atomic E-state index is 5.87. The standard InChI is InChI=1S/C12H8ClN3OS/c13-12-10(18-16-15-12)7-17-9-5-1-3-8-4-2-6-14-11(8)9/h1-6H,7H2. The van der Waals surface area contributed by atoms with Gasteiger partial charge in [0.25, 0.3) is 0 Å².